The van der Waals surface area contributed by atoms with E-state index < -0.39 is 15.9 Å². The second-order valence-electron chi connectivity index (χ2n) is 11.1. The number of carbonyl (C=O) groups is 1. The summed E-state index contributed by atoms with van der Waals surface area (Å²) in [5.74, 6) is 0.249. The van der Waals surface area contributed by atoms with Crippen molar-refractivity contribution in [2.24, 2.45) is 11.3 Å². The number of amides is 1. The standard InChI is InChI=1S/C28H35N5O4S/c1-16(2)37-27-18(4)13-19(15-30-27)22-11-10-20(25(31-22)21-12-17(3)14-28(21,5)6)26(34)33-38(35,36)24-9-7-8-23(29)32-24/h7-11,13,15-17,21H,12,14H2,1-6H3,(H2,29,32)(H,33,34)/t17-,21?/m1/s1. The maximum Gasteiger partial charge on any atom is 0.281 e. The van der Waals surface area contributed by atoms with Crippen molar-refractivity contribution < 1.29 is 17.9 Å². The van der Waals surface area contributed by atoms with E-state index in [-0.39, 0.29) is 33.8 Å². The Morgan fingerprint density at radius 2 is 1.92 bits per heavy atom. The molecule has 3 heterocycles. The molecule has 10 heteroatoms. The lowest BCUT2D eigenvalue weighted by atomic mass is 9.78. The number of aryl methyl sites for hydroxylation is 1. The van der Waals surface area contributed by atoms with Gasteiger partial charge in [-0.05, 0) is 75.3 Å². The van der Waals surface area contributed by atoms with Crippen LogP contribution >= 0.6 is 0 Å². The van der Waals surface area contributed by atoms with Crippen molar-refractivity contribution in [3.05, 3.63) is 59.4 Å². The number of pyridine rings is 3. The number of nitrogens with zero attached hydrogens (tertiary/aromatic N) is 3. The average Bonchev–Trinajstić information content (AvgIpc) is 3.11. The summed E-state index contributed by atoms with van der Waals surface area (Å²) in [6.45, 7) is 12.3. The van der Waals surface area contributed by atoms with E-state index in [4.69, 9.17) is 15.5 Å². The Kier molecular flexibility index (Phi) is 7.47. The molecule has 1 amide bonds. The number of nitrogens with two attached hydrogens (primary N) is 1. The summed E-state index contributed by atoms with van der Waals surface area (Å²) in [4.78, 5) is 26.7. The number of anilines is 1. The number of nitrogens with one attached hydrogen (secondary N) is 1. The van der Waals surface area contributed by atoms with Gasteiger partial charge in [-0.2, -0.15) is 8.42 Å². The third-order valence-electron chi connectivity index (χ3n) is 6.88. The number of aromatic nitrogens is 3. The summed E-state index contributed by atoms with van der Waals surface area (Å²) >= 11 is 0. The van der Waals surface area contributed by atoms with Crippen LogP contribution in [0.3, 0.4) is 0 Å². The normalized spacial score (nSPS) is 18.9. The maximum atomic E-state index is 13.4. The molecule has 0 aromatic carbocycles. The van der Waals surface area contributed by atoms with Crippen molar-refractivity contribution in [3.8, 4) is 17.1 Å². The Hall–Kier alpha value is -3.53. The number of hydrogen-bond donors (Lipinski definition) is 2. The van der Waals surface area contributed by atoms with Crippen LogP contribution in [0.1, 0.15) is 75.0 Å². The first-order valence-corrected chi connectivity index (χ1v) is 14.2. The number of hydrogen-bond acceptors (Lipinski definition) is 8. The van der Waals surface area contributed by atoms with Crippen LogP contribution in [0.5, 0.6) is 5.88 Å². The van der Waals surface area contributed by atoms with Gasteiger partial charge >= 0.3 is 0 Å². The van der Waals surface area contributed by atoms with Crippen LogP contribution in [0.25, 0.3) is 11.3 Å². The Morgan fingerprint density at radius 3 is 2.53 bits per heavy atom. The predicted octanol–water partition coefficient (Wildman–Crippen LogP) is 4.87. The molecule has 0 bridgehead atoms. The Labute approximate surface area is 224 Å². The first kappa shape index (κ1) is 27.5. The molecule has 0 radical (unpaired) electrons. The first-order chi connectivity index (χ1) is 17.8. The van der Waals surface area contributed by atoms with Crippen LogP contribution in [0.15, 0.2) is 47.6 Å². The molecule has 4 rings (SSSR count). The zero-order chi connectivity index (χ0) is 27.8. The van der Waals surface area contributed by atoms with Gasteiger partial charge in [-0.15, -0.1) is 0 Å². The summed E-state index contributed by atoms with van der Waals surface area (Å²) < 4.78 is 33.8. The minimum Gasteiger partial charge on any atom is -0.475 e. The number of nitrogen functional groups attached to an aromatic ring is 1. The lowest BCUT2D eigenvalue weighted by Gasteiger charge is -2.28. The van der Waals surface area contributed by atoms with Crippen LogP contribution in [-0.2, 0) is 10.0 Å². The molecule has 3 aromatic rings. The zero-order valence-corrected chi connectivity index (χ0v) is 23.5. The van der Waals surface area contributed by atoms with E-state index in [1.54, 1.807) is 18.3 Å². The summed E-state index contributed by atoms with van der Waals surface area (Å²) in [5, 5.41) is -0.322. The van der Waals surface area contributed by atoms with E-state index in [1.165, 1.54) is 18.2 Å². The molecule has 0 spiro atoms. The largest absolute Gasteiger partial charge is 0.475 e. The zero-order valence-electron chi connectivity index (χ0n) is 22.6. The minimum absolute atomic E-state index is 0.0000307. The van der Waals surface area contributed by atoms with Crippen molar-refractivity contribution in [2.45, 2.75) is 71.4 Å². The Bertz CT molecular complexity index is 1470. The van der Waals surface area contributed by atoms with Gasteiger partial charge in [-0.3, -0.25) is 9.78 Å². The van der Waals surface area contributed by atoms with Gasteiger partial charge in [-0.1, -0.05) is 26.8 Å². The first-order valence-electron chi connectivity index (χ1n) is 12.7. The SMILES string of the molecule is Cc1cc(-c2ccc(C(=O)NS(=O)(=O)c3cccc(N)n3)c(C3C[C@@H](C)CC3(C)C)n2)cnc1OC(C)C. The number of sulfonamides is 1. The van der Waals surface area contributed by atoms with Crippen molar-refractivity contribution in [2.75, 3.05) is 5.73 Å². The van der Waals surface area contributed by atoms with Gasteiger partial charge in [-0.25, -0.2) is 14.7 Å². The molecule has 0 saturated heterocycles. The van der Waals surface area contributed by atoms with Crippen molar-refractivity contribution >= 4 is 21.7 Å². The number of carbonyl (C=O) groups excluding carboxylic acids is 1. The molecule has 1 fully saturated rings. The van der Waals surface area contributed by atoms with Gasteiger partial charge in [0.25, 0.3) is 15.9 Å². The molecule has 3 aromatic heterocycles. The molecular weight excluding hydrogens is 502 g/mol. The van der Waals surface area contributed by atoms with Crippen LogP contribution in [0.2, 0.25) is 0 Å². The molecule has 1 aliphatic rings. The summed E-state index contributed by atoms with van der Waals surface area (Å²) in [6, 6.07) is 9.55. The molecule has 202 valence electrons. The molecular formula is C28H35N5O4S. The fourth-order valence-electron chi connectivity index (χ4n) is 5.28. The highest BCUT2D eigenvalue weighted by atomic mass is 32.2. The summed E-state index contributed by atoms with van der Waals surface area (Å²) in [6.07, 6.45) is 3.51. The number of rotatable bonds is 7. The predicted molar refractivity (Wildman–Crippen MR) is 146 cm³/mol. The fraction of sp³-hybridized carbons (Fsp3) is 0.429. The quantitative estimate of drug-likeness (QED) is 0.435. The van der Waals surface area contributed by atoms with Gasteiger partial charge < -0.3 is 10.5 Å². The fourth-order valence-corrected chi connectivity index (χ4v) is 6.22. The summed E-state index contributed by atoms with van der Waals surface area (Å²) in [5.41, 5.74) is 8.63. The Balaban J connectivity index is 1.76. The molecule has 38 heavy (non-hydrogen) atoms. The maximum absolute atomic E-state index is 13.4. The minimum atomic E-state index is -4.24. The molecule has 1 aliphatic carbocycles. The van der Waals surface area contributed by atoms with Gasteiger partial charge in [0.15, 0.2) is 5.03 Å². The van der Waals surface area contributed by atoms with E-state index in [0.29, 0.717) is 23.2 Å². The average molecular weight is 538 g/mol. The third-order valence-corrected chi connectivity index (χ3v) is 8.11. The summed E-state index contributed by atoms with van der Waals surface area (Å²) in [7, 11) is -4.24. The van der Waals surface area contributed by atoms with Gasteiger partial charge in [0.2, 0.25) is 5.88 Å². The molecule has 1 unspecified atom stereocenters. The van der Waals surface area contributed by atoms with Gasteiger partial charge in [0.05, 0.1) is 23.1 Å². The second kappa shape index (κ2) is 10.3. The topological polar surface area (TPSA) is 137 Å². The third kappa shape index (κ3) is 5.80. The highest BCUT2D eigenvalue weighted by molar-refractivity contribution is 7.90. The van der Waals surface area contributed by atoms with Crippen LogP contribution < -0.4 is 15.2 Å². The van der Waals surface area contributed by atoms with Crippen molar-refractivity contribution in [1.29, 1.82) is 0 Å². The van der Waals surface area contributed by atoms with Gasteiger partial charge in [0.1, 0.15) is 5.82 Å². The molecule has 1 saturated carbocycles. The van der Waals surface area contributed by atoms with E-state index in [1.807, 2.05) is 26.8 Å². The van der Waals surface area contributed by atoms with Crippen LogP contribution in [-0.4, -0.2) is 35.4 Å². The Morgan fingerprint density at radius 1 is 1.18 bits per heavy atom. The molecule has 9 nitrogen and oxygen atoms in total. The smallest absolute Gasteiger partial charge is 0.281 e. The van der Waals surface area contributed by atoms with E-state index in [9.17, 15) is 13.2 Å². The van der Waals surface area contributed by atoms with Gasteiger partial charge in [0, 0.05) is 23.2 Å². The van der Waals surface area contributed by atoms with E-state index in [0.717, 1.165) is 24.0 Å². The highest BCUT2D eigenvalue weighted by Crippen LogP contribution is 2.52. The highest BCUT2D eigenvalue weighted by Gasteiger charge is 2.42. The van der Waals surface area contributed by atoms with E-state index >= 15 is 0 Å². The van der Waals surface area contributed by atoms with Crippen LogP contribution in [0.4, 0.5) is 5.82 Å². The lowest BCUT2D eigenvalue weighted by molar-refractivity contribution is 0.0978. The monoisotopic (exact) mass is 537 g/mol. The number of ether oxygens (including phenoxy) is 1. The van der Waals surface area contributed by atoms with Crippen molar-refractivity contribution in [3.63, 3.8) is 0 Å². The van der Waals surface area contributed by atoms with Crippen molar-refractivity contribution in [1.82, 2.24) is 19.7 Å². The molecule has 3 N–H and O–H groups in total. The second-order valence-corrected chi connectivity index (χ2v) is 12.7. The lowest BCUT2D eigenvalue weighted by Crippen LogP contribution is -2.33. The van der Waals surface area contributed by atoms with Crippen LogP contribution in [0, 0.1) is 18.3 Å². The molecule has 2 atom stereocenters. The van der Waals surface area contributed by atoms with E-state index in [2.05, 4.69) is 35.5 Å². The molecule has 0 aliphatic heterocycles.